The first-order chi connectivity index (χ1) is 12.5. The molecular weight excluding hydrogens is 340 g/mol. The van der Waals surface area contributed by atoms with E-state index in [9.17, 15) is 13.6 Å². The maximum atomic E-state index is 13.6. The molecule has 3 aromatic rings. The molecule has 0 radical (unpaired) electrons. The van der Waals surface area contributed by atoms with Gasteiger partial charge in [0.1, 0.15) is 11.6 Å². The number of halogens is 2. The molecule has 134 valence electrons. The number of benzene rings is 2. The molecular formula is C18H17F2N5O. The standard InChI is InChI=1S/C18H17F2N5O/c1-11(2)25-23-17(22-24-25)12-6-8-13(9-7-12)18(26)21-10-14-15(19)4-3-5-16(14)20/h3-9,11H,10H2,1-2H3,(H,21,26). The second-order valence-corrected chi connectivity index (χ2v) is 5.99. The molecule has 2 aromatic carbocycles. The summed E-state index contributed by atoms with van der Waals surface area (Å²) in [5, 5.41) is 14.7. The fraction of sp³-hybridized carbons (Fsp3) is 0.222. The van der Waals surface area contributed by atoms with Crippen LogP contribution in [-0.2, 0) is 6.54 Å². The van der Waals surface area contributed by atoms with Gasteiger partial charge in [-0.15, -0.1) is 10.2 Å². The number of rotatable bonds is 5. The molecule has 1 aromatic heterocycles. The van der Waals surface area contributed by atoms with Crippen molar-refractivity contribution in [1.29, 1.82) is 0 Å². The van der Waals surface area contributed by atoms with E-state index >= 15 is 0 Å². The zero-order valence-corrected chi connectivity index (χ0v) is 14.3. The van der Waals surface area contributed by atoms with Crippen molar-refractivity contribution in [2.24, 2.45) is 0 Å². The average Bonchev–Trinajstić information content (AvgIpc) is 3.12. The number of carbonyl (C=O) groups excluding carboxylic acids is 1. The predicted molar refractivity (Wildman–Crippen MR) is 91.2 cm³/mol. The van der Waals surface area contributed by atoms with Crippen molar-refractivity contribution in [3.05, 3.63) is 65.2 Å². The zero-order valence-electron chi connectivity index (χ0n) is 14.3. The summed E-state index contributed by atoms with van der Waals surface area (Å²) >= 11 is 0. The Morgan fingerprint density at radius 1 is 1.12 bits per heavy atom. The molecule has 0 fully saturated rings. The maximum absolute atomic E-state index is 13.6. The van der Waals surface area contributed by atoms with Crippen molar-refractivity contribution < 1.29 is 13.6 Å². The van der Waals surface area contributed by atoms with Crippen molar-refractivity contribution in [3.63, 3.8) is 0 Å². The summed E-state index contributed by atoms with van der Waals surface area (Å²) in [6.07, 6.45) is 0. The van der Waals surface area contributed by atoms with Crippen molar-refractivity contribution in [2.75, 3.05) is 0 Å². The zero-order chi connectivity index (χ0) is 18.7. The van der Waals surface area contributed by atoms with E-state index < -0.39 is 17.5 Å². The molecule has 0 unspecified atom stereocenters. The number of amides is 1. The normalized spacial score (nSPS) is 11.0. The molecule has 3 rings (SSSR count). The van der Waals surface area contributed by atoms with Gasteiger partial charge < -0.3 is 5.32 Å². The smallest absolute Gasteiger partial charge is 0.251 e. The molecule has 8 heteroatoms. The van der Waals surface area contributed by atoms with Gasteiger partial charge in [-0.2, -0.15) is 4.80 Å². The number of hydrogen-bond donors (Lipinski definition) is 1. The second-order valence-electron chi connectivity index (χ2n) is 5.99. The summed E-state index contributed by atoms with van der Waals surface area (Å²) in [7, 11) is 0. The van der Waals surface area contributed by atoms with E-state index in [1.807, 2.05) is 13.8 Å². The second kappa shape index (κ2) is 7.38. The topological polar surface area (TPSA) is 72.7 Å². The van der Waals surface area contributed by atoms with E-state index in [4.69, 9.17) is 0 Å². The monoisotopic (exact) mass is 357 g/mol. The van der Waals surface area contributed by atoms with Gasteiger partial charge in [-0.1, -0.05) is 18.2 Å². The molecule has 1 N–H and O–H groups in total. The van der Waals surface area contributed by atoms with Gasteiger partial charge in [-0.3, -0.25) is 4.79 Å². The third-order valence-corrected chi connectivity index (χ3v) is 3.78. The van der Waals surface area contributed by atoms with Crippen LogP contribution in [0.2, 0.25) is 0 Å². The van der Waals surface area contributed by atoms with Gasteiger partial charge in [0.2, 0.25) is 5.82 Å². The third-order valence-electron chi connectivity index (χ3n) is 3.78. The first-order valence-electron chi connectivity index (χ1n) is 8.06. The van der Waals surface area contributed by atoms with Gasteiger partial charge in [0.05, 0.1) is 6.04 Å². The van der Waals surface area contributed by atoms with E-state index in [-0.39, 0.29) is 18.2 Å². The summed E-state index contributed by atoms with van der Waals surface area (Å²) in [6.45, 7) is 3.65. The number of nitrogens with one attached hydrogen (secondary N) is 1. The Kier molecular flexibility index (Phi) is 5.01. The van der Waals surface area contributed by atoms with Gasteiger partial charge >= 0.3 is 0 Å². The number of aromatic nitrogens is 4. The average molecular weight is 357 g/mol. The van der Waals surface area contributed by atoms with Crippen LogP contribution in [0.15, 0.2) is 42.5 Å². The molecule has 0 bridgehead atoms. The van der Waals surface area contributed by atoms with Gasteiger partial charge in [-0.05, 0) is 43.3 Å². The molecule has 26 heavy (non-hydrogen) atoms. The first-order valence-corrected chi connectivity index (χ1v) is 8.06. The van der Waals surface area contributed by atoms with Gasteiger partial charge in [0, 0.05) is 23.2 Å². The first kappa shape index (κ1) is 17.7. The highest BCUT2D eigenvalue weighted by Gasteiger charge is 2.12. The summed E-state index contributed by atoms with van der Waals surface area (Å²) in [5.74, 6) is -1.36. The molecule has 0 saturated heterocycles. The van der Waals surface area contributed by atoms with Crippen molar-refractivity contribution in [2.45, 2.75) is 26.4 Å². The van der Waals surface area contributed by atoms with Crippen molar-refractivity contribution >= 4 is 5.91 Å². The van der Waals surface area contributed by atoms with Crippen LogP contribution in [0.5, 0.6) is 0 Å². The van der Waals surface area contributed by atoms with Crippen LogP contribution in [0.1, 0.15) is 35.8 Å². The van der Waals surface area contributed by atoms with Gasteiger partial charge in [0.25, 0.3) is 5.91 Å². The van der Waals surface area contributed by atoms with Gasteiger partial charge in [0.15, 0.2) is 0 Å². The molecule has 1 heterocycles. The molecule has 0 spiro atoms. The highest BCUT2D eigenvalue weighted by Crippen LogP contribution is 2.16. The SMILES string of the molecule is CC(C)n1nnc(-c2ccc(C(=O)NCc3c(F)cccc3F)cc2)n1. The molecule has 0 atom stereocenters. The Morgan fingerprint density at radius 3 is 2.35 bits per heavy atom. The molecule has 1 amide bonds. The third kappa shape index (κ3) is 3.74. The minimum Gasteiger partial charge on any atom is -0.348 e. The molecule has 0 aliphatic rings. The van der Waals surface area contributed by atoms with E-state index in [1.54, 1.807) is 24.3 Å². The quantitative estimate of drug-likeness (QED) is 0.761. The van der Waals surface area contributed by atoms with Crippen LogP contribution >= 0.6 is 0 Å². The van der Waals surface area contributed by atoms with Gasteiger partial charge in [-0.25, -0.2) is 8.78 Å². The highest BCUT2D eigenvalue weighted by molar-refractivity contribution is 5.94. The number of nitrogens with zero attached hydrogens (tertiary/aromatic N) is 4. The lowest BCUT2D eigenvalue weighted by molar-refractivity contribution is 0.0950. The van der Waals surface area contributed by atoms with E-state index in [2.05, 4.69) is 20.7 Å². The van der Waals surface area contributed by atoms with Crippen molar-refractivity contribution in [3.8, 4) is 11.4 Å². The molecule has 0 saturated carbocycles. The summed E-state index contributed by atoms with van der Waals surface area (Å²) in [6, 6.07) is 10.3. The van der Waals surface area contributed by atoms with E-state index in [0.29, 0.717) is 17.0 Å². The lowest BCUT2D eigenvalue weighted by Gasteiger charge is -2.07. The maximum Gasteiger partial charge on any atom is 0.251 e. The lowest BCUT2D eigenvalue weighted by Crippen LogP contribution is -2.23. The van der Waals surface area contributed by atoms with Crippen LogP contribution in [-0.4, -0.2) is 26.1 Å². The van der Waals surface area contributed by atoms with Crippen molar-refractivity contribution in [1.82, 2.24) is 25.5 Å². The number of carbonyl (C=O) groups is 1. The fourth-order valence-electron chi connectivity index (χ4n) is 2.30. The Hall–Kier alpha value is -3.16. The Bertz CT molecular complexity index is 901. The largest absolute Gasteiger partial charge is 0.348 e. The lowest BCUT2D eigenvalue weighted by atomic mass is 10.1. The van der Waals surface area contributed by atoms with E-state index in [0.717, 1.165) is 12.1 Å². The molecule has 0 aliphatic carbocycles. The number of tetrazole rings is 1. The minimum atomic E-state index is -0.694. The highest BCUT2D eigenvalue weighted by atomic mass is 19.1. The Balaban J connectivity index is 1.69. The molecule has 6 nitrogen and oxygen atoms in total. The van der Waals surface area contributed by atoms with Crippen LogP contribution in [0.4, 0.5) is 8.78 Å². The fourth-order valence-corrected chi connectivity index (χ4v) is 2.30. The van der Waals surface area contributed by atoms with E-state index in [1.165, 1.54) is 10.9 Å². The van der Waals surface area contributed by atoms with Crippen LogP contribution < -0.4 is 5.32 Å². The summed E-state index contributed by atoms with van der Waals surface area (Å²) in [4.78, 5) is 13.7. The predicted octanol–water partition coefficient (Wildman–Crippen LogP) is 3.13. The minimum absolute atomic E-state index is 0.0973. The van der Waals surface area contributed by atoms with Crippen LogP contribution in [0.3, 0.4) is 0 Å². The number of hydrogen-bond acceptors (Lipinski definition) is 4. The summed E-state index contributed by atoms with van der Waals surface area (Å²) in [5.41, 5.74) is 0.905. The Morgan fingerprint density at radius 2 is 1.77 bits per heavy atom. The summed E-state index contributed by atoms with van der Waals surface area (Å²) < 4.78 is 27.2. The molecule has 0 aliphatic heterocycles. The Labute approximate surface area is 148 Å². The van der Waals surface area contributed by atoms with Crippen LogP contribution in [0, 0.1) is 11.6 Å². The van der Waals surface area contributed by atoms with Crippen LogP contribution in [0.25, 0.3) is 11.4 Å².